The number of nitrogens with zero attached hydrogens (tertiary/aromatic N) is 2. The molecule has 13 heavy (non-hydrogen) atoms. The molecule has 0 unspecified atom stereocenters. The van der Waals surface area contributed by atoms with Crippen molar-refractivity contribution < 1.29 is 0 Å². The molecule has 0 saturated heterocycles. The van der Waals surface area contributed by atoms with Crippen LogP contribution in [0.4, 0.5) is 5.82 Å². The van der Waals surface area contributed by atoms with Crippen LogP contribution in [0.25, 0.3) is 10.6 Å². The lowest BCUT2D eigenvalue weighted by molar-refractivity contribution is 1.11. The van der Waals surface area contributed by atoms with Crippen LogP contribution in [0.1, 0.15) is 5.56 Å². The fourth-order valence-corrected chi connectivity index (χ4v) is 1.79. The number of nitriles is 1. The Bertz CT molecular complexity index is 449. The van der Waals surface area contributed by atoms with Crippen LogP contribution < -0.4 is 5.73 Å². The third-order valence-corrected chi connectivity index (χ3v) is 2.56. The summed E-state index contributed by atoms with van der Waals surface area (Å²) in [6, 6.07) is 5.85. The Hall–Kier alpha value is -1.80. The van der Waals surface area contributed by atoms with Crippen LogP contribution in [-0.2, 0) is 0 Å². The largest absolute Gasteiger partial charge is 0.381 e. The van der Waals surface area contributed by atoms with E-state index in [-0.39, 0.29) is 5.82 Å². The Balaban J connectivity index is 2.60. The van der Waals surface area contributed by atoms with Gasteiger partial charge in [-0.15, -0.1) is 11.3 Å². The average molecular weight is 190 g/mol. The number of nitrogens with one attached hydrogen (secondary N) is 1. The van der Waals surface area contributed by atoms with Gasteiger partial charge in [0.2, 0.25) is 0 Å². The van der Waals surface area contributed by atoms with Crippen molar-refractivity contribution in [2.24, 2.45) is 0 Å². The zero-order valence-electron chi connectivity index (χ0n) is 6.61. The number of aromatic nitrogens is 2. The molecule has 0 amide bonds. The maximum atomic E-state index is 8.80. The molecular formula is C8H6N4S. The number of thiophene rings is 1. The zero-order chi connectivity index (χ0) is 9.26. The zero-order valence-corrected chi connectivity index (χ0v) is 7.43. The molecule has 0 aliphatic carbocycles. The molecule has 0 saturated carbocycles. The van der Waals surface area contributed by atoms with Crippen molar-refractivity contribution in [2.75, 3.05) is 5.73 Å². The highest BCUT2D eigenvalue weighted by Crippen LogP contribution is 2.27. The number of rotatable bonds is 1. The van der Waals surface area contributed by atoms with Gasteiger partial charge in [0, 0.05) is 0 Å². The van der Waals surface area contributed by atoms with Crippen molar-refractivity contribution in [3.05, 3.63) is 23.1 Å². The highest BCUT2D eigenvalue weighted by Gasteiger charge is 2.11. The first-order valence-electron chi connectivity index (χ1n) is 3.60. The molecule has 0 spiro atoms. The summed E-state index contributed by atoms with van der Waals surface area (Å²) in [4.78, 5) is 0.973. The van der Waals surface area contributed by atoms with Crippen LogP contribution in [0.2, 0.25) is 0 Å². The Morgan fingerprint density at radius 1 is 1.62 bits per heavy atom. The first-order valence-corrected chi connectivity index (χ1v) is 4.48. The molecule has 2 aromatic heterocycles. The minimum Gasteiger partial charge on any atom is -0.381 e. The Kier molecular flexibility index (Phi) is 1.76. The smallest absolute Gasteiger partial charge is 0.163 e. The quantitative estimate of drug-likeness (QED) is 0.716. The van der Waals surface area contributed by atoms with Gasteiger partial charge < -0.3 is 5.73 Å². The third kappa shape index (κ3) is 1.17. The van der Waals surface area contributed by atoms with Gasteiger partial charge in [-0.25, -0.2) is 0 Å². The Morgan fingerprint density at radius 2 is 2.46 bits per heavy atom. The molecular weight excluding hydrogens is 184 g/mol. The number of nitrogens with two attached hydrogens (primary N) is 1. The van der Waals surface area contributed by atoms with Crippen LogP contribution in [0, 0.1) is 11.3 Å². The van der Waals surface area contributed by atoms with Crippen LogP contribution in [0.15, 0.2) is 17.5 Å². The van der Waals surface area contributed by atoms with Gasteiger partial charge in [0.1, 0.15) is 11.6 Å². The standard InChI is InChI=1S/C8H6N4S/c9-4-5-7(11-12-8(5)10)6-2-1-3-13-6/h1-3H,(H3,10,11,12). The topological polar surface area (TPSA) is 78.5 Å². The van der Waals surface area contributed by atoms with Gasteiger partial charge in [0.05, 0.1) is 10.6 Å². The van der Waals surface area contributed by atoms with Crippen LogP contribution in [-0.4, -0.2) is 10.2 Å². The summed E-state index contributed by atoms with van der Waals surface area (Å²) in [7, 11) is 0. The van der Waals surface area contributed by atoms with Crippen LogP contribution in [0.3, 0.4) is 0 Å². The summed E-state index contributed by atoms with van der Waals surface area (Å²) >= 11 is 1.54. The van der Waals surface area contributed by atoms with E-state index in [0.29, 0.717) is 11.3 Å². The lowest BCUT2D eigenvalue weighted by Gasteiger charge is -1.90. The van der Waals surface area contributed by atoms with E-state index in [4.69, 9.17) is 11.0 Å². The number of hydrogen-bond donors (Lipinski definition) is 2. The highest BCUT2D eigenvalue weighted by atomic mass is 32.1. The van der Waals surface area contributed by atoms with Crippen molar-refractivity contribution in [1.82, 2.24) is 10.2 Å². The van der Waals surface area contributed by atoms with E-state index in [1.165, 1.54) is 0 Å². The summed E-state index contributed by atoms with van der Waals surface area (Å²) in [6.45, 7) is 0. The van der Waals surface area contributed by atoms with Crippen molar-refractivity contribution in [1.29, 1.82) is 5.26 Å². The molecule has 2 rings (SSSR count). The predicted molar refractivity (Wildman–Crippen MR) is 51.0 cm³/mol. The minimum atomic E-state index is 0.255. The highest BCUT2D eigenvalue weighted by molar-refractivity contribution is 7.13. The number of nitrogen functional groups attached to an aromatic ring is 1. The monoisotopic (exact) mass is 190 g/mol. The van der Waals surface area contributed by atoms with Gasteiger partial charge in [0.15, 0.2) is 5.82 Å². The second-order valence-electron chi connectivity index (χ2n) is 2.45. The normalized spacial score (nSPS) is 9.77. The van der Waals surface area contributed by atoms with Crippen molar-refractivity contribution >= 4 is 17.2 Å². The van der Waals surface area contributed by atoms with Crippen LogP contribution >= 0.6 is 11.3 Å². The summed E-state index contributed by atoms with van der Waals surface area (Å²) in [6.07, 6.45) is 0. The number of aromatic amines is 1. The molecule has 0 radical (unpaired) electrons. The molecule has 2 heterocycles. The van der Waals surface area contributed by atoms with E-state index in [1.807, 2.05) is 23.6 Å². The molecule has 0 bridgehead atoms. The molecule has 0 aliphatic rings. The van der Waals surface area contributed by atoms with E-state index in [0.717, 1.165) is 4.88 Å². The van der Waals surface area contributed by atoms with E-state index in [1.54, 1.807) is 11.3 Å². The van der Waals surface area contributed by atoms with Gasteiger partial charge in [0.25, 0.3) is 0 Å². The lowest BCUT2D eigenvalue weighted by Crippen LogP contribution is -1.86. The van der Waals surface area contributed by atoms with Gasteiger partial charge in [-0.05, 0) is 11.4 Å². The van der Waals surface area contributed by atoms with Gasteiger partial charge in [-0.3, -0.25) is 5.10 Å². The second-order valence-corrected chi connectivity index (χ2v) is 3.40. The SMILES string of the molecule is N#Cc1c(N)n[nH]c1-c1cccs1. The molecule has 0 aliphatic heterocycles. The molecule has 64 valence electrons. The number of anilines is 1. The van der Waals surface area contributed by atoms with E-state index < -0.39 is 0 Å². The minimum absolute atomic E-state index is 0.255. The Morgan fingerprint density at radius 3 is 3.08 bits per heavy atom. The van der Waals surface area contributed by atoms with Gasteiger partial charge in [-0.1, -0.05) is 6.07 Å². The van der Waals surface area contributed by atoms with E-state index >= 15 is 0 Å². The Labute approximate surface area is 78.6 Å². The van der Waals surface area contributed by atoms with Crippen molar-refractivity contribution in [3.63, 3.8) is 0 Å². The van der Waals surface area contributed by atoms with Crippen LogP contribution in [0.5, 0.6) is 0 Å². The summed E-state index contributed by atoms with van der Waals surface area (Å²) in [5, 5.41) is 17.3. The molecule has 3 N–H and O–H groups in total. The maximum absolute atomic E-state index is 8.80. The van der Waals surface area contributed by atoms with Crippen molar-refractivity contribution in [2.45, 2.75) is 0 Å². The lowest BCUT2D eigenvalue weighted by atomic mass is 10.2. The summed E-state index contributed by atoms with van der Waals surface area (Å²) in [5.41, 5.74) is 6.62. The average Bonchev–Trinajstić information content (AvgIpc) is 2.71. The second kappa shape index (κ2) is 2.92. The van der Waals surface area contributed by atoms with Crippen molar-refractivity contribution in [3.8, 4) is 16.6 Å². The molecule has 4 nitrogen and oxygen atoms in total. The third-order valence-electron chi connectivity index (χ3n) is 1.67. The summed E-state index contributed by atoms with van der Waals surface area (Å²) < 4.78 is 0. The molecule has 0 aromatic carbocycles. The molecule has 0 fully saturated rings. The first kappa shape index (κ1) is 7.83. The predicted octanol–water partition coefficient (Wildman–Crippen LogP) is 1.59. The fraction of sp³-hybridized carbons (Fsp3) is 0. The molecule has 0 atom stereocenters. The van der Waals surface area contributed by atoms with Gasteiger partial charge >= 0.3 is 0 Å². The summed E-state index contributed by atoms with van der Waals surface area (Å²) in [5.74, 6) is 0.255. The maximum Gasteiger partial charge on any atom is 0.163 e. The fourth-order valence-electron chi connectivity index (χ4n) is 1.07. The number of hydrogen-bond acceptors (Lipinski definition) is 4. The van der Waals surface area contributed by atoms with Gasteiger partial charge in [-0.2, -0.15) is 10.4 Å². The van der Waals surface area contributed by atoms with E-state index in [9.17, 15) is 0 Å². The molecule has 2 aromatic rings. The van der Waals surface area contributed by atoms with E-state index in [2.05, 4.69) is 10.2 Å². The molecule has 5 heteroatoms. The number of H-pyrrole nitrogens is 1. The first-order chi connectivity index (χ1) is 6.33.